The Kier molecular flexibility index (Phi) is 18.3. The molecule has 6 nitrogen and oxygen atoms in total. The molecule has 0 aromatic rings. The molecule has 4 aliphatic rings. The Bertz CT molecular complexity index is 1050. The monoisotopic (exact) mass is 730 g/mol. The van der Waals surface area contributed by atoms with Gasteiger partial charge in [-0.3, -0.25) is 9.59 Å². The number of hydrogen-bond acceptors (Lipinski definition) is 4. The van der Waals surface area contributed by atoms with Gasteiger partial charge in [0.2, 0.25) is 5.91 Å². The van der Waals surface area contributed by atoms with Crippen LogP contribution in [-0.2, 0) is 9.59 Å². The lowest BCUT2D eigenvalue weighted by Crippen LogP contribution is -2.63. The molecule has 11 atom stereocenters. The van der Waals surface area contributed by atoms with Gasteiger partial charge in [-0.1, -0.05) is 143 Å². The molecular formula is C46H83NO5. The number of aliphatic hydroxyl groups excluding tert-OH is 2. The van der Waals surface area contributed by atoms with Crippen LogP contribution in [0.2, 0.25) is 0 Å². The maximum atomic E-state index is 13.0. The van der Waals surface area contributed by atoms with Gasteiger partial charge in [0.25, 0.3) is 0 Å². The molecular weight excluding hydrogens is 647 g/mol. The second kappa shape index (κ2) is 21.8. The van der Waals surface area contributed by atoms with Gasteiger partial charge in [-0.25, -0.2) is 0 Å². The molecule has 6 heteroatoms. The van der Waals surface area contributed by atoms with Crippen LogP contribution in [0.5, 0.6) is 0 Å². The summed E-state index contributed by atoms with van der Waals surface area (Å²) < 4.78 is 0. The van der Waals surface area contributed by atoms with Crippen LogP contribution in [-0.4, -0.2) is 45.4 Å². The van der Waals surface area contributed by atoms with E-state index in [0.717, 1.165) is 57.8 Å². The summed E-state index contributed by atoms with van der Waals surface area (Å²) in [6.45, 7) is 9.14. The van der Waals surface area contributed by atoms with E-state index in [0.29, 0.717) is 30.6 Å². The van der Waals surface area contributed by atoms with Crippen LogP contribution in [0.15, 0.2) is 0 Å². The van der Waals surface area contributed by atoms with E-state index in [9.17, 15) is 24.9 Å². The van der Waals surface area contributed by atoms with Gasteiger partial charge in [0.15, 0.2) is 0 Å². The Labute approximate surface area is 319 Å². The minimum Gasteiger partial charge on any atom is -0.481 e. The summed E-state index contributed by atoms with van der Waals surface area (Å²) in [4.78, 5) is 24.3. The highest BCUT2D eigenvalue weighted by Crippen LogP contribution is 2.68. The second-order valence-corrected chi connectivity index (χ2v) is 19.2. The zero-order chi connectivity index (χ0) is 37.6. The normalized spacial score (nSPS) is 34.7. The number of carbonyl (C=O) groups is 2. The van der Waals surface area contributed by atoms with Crippen LogP contribution in [0.3, 0.4) is 0 Å². The van der Waals surface area contributed by atoms with Crippen LogP contribution in [0, 0.1) is 46.3 Å². The average molecular weight is 730 g/mol. The number of carbonyl (C=O) groups excluding carboxylic acids is 1. The van der Waals surface area contributed by atoms with Gasteiger partial charge >= 0.3 is 5.97 Å². The van der Waals surface area contributed by atoms with Crippen molar-refractivity contribution in [1.82, 2.24) is 5.32 Å². The summed E-state index contributed by atoms with van der Waals surface area (Å²) in [5.41, 5.74) is -0.187. The quantitative estimate of drug-likeness (QED) is 0.0700. The molecule has 4 fully saturated rings. The molecule has 0 aromatic carbocycles. The lowest BCUT2D eigenvalue weighted by Gasteiger charge is -2.63. The Morgan fingerprint density at radius 3 is 1.77 bits per heavy atom. The number of carboxylic acid groups (broad SMARTS) is 1. The predicted octanol–water partition coefficient (Wildman–Crippen LogP) is 11.4. The summed E-state index contributed by atoms with van der Waals surface area (Å²) in [7, 11) is 0. The Morgan fingerprint density at radius 1 is 0.692 bits per heavy atom. The van der Waals surface area contributed by atoms with E-state index >= 15 is 0 Å². The van der Waals surface area contributed by atoms with Crippen molar-refractivity contribution in [2.75, 3.05) is 0 Å². The summed E-state index contributed by atoms with van der Waals surface area (Å²) in [6, 6.07) is 0.194. The van der Waals surface area contributed by atoms with Crippen molar-refractivity contribution in [3.63, 3.8) is 0 Å². The zero-order valence-electron chi connectivity index (χ0n) is 34.4. The highest BCUT2D eigenvalue weighted by molar-refractivity contribution is 5.76. The first-order chi connectivity index (χ1) is 25.0. The largest absolute Gasteiger partial charge is 0.481 e. The van der Waals surface area contributed by atoms with E-state index in [4.69, 9.17) is 0 Å². The molecule has 4 unspecified atom stereocenters. The van der Waals surface area contributed by atoms with Crippen molar-refractivity contribution in [1.29, 1.82) is 0 Å². The third-order valence-corrected chi connectivity index (χ3v) is 15.7. The van der Waals surface area contributed by atoms with Crippen LogP contribution in [0.4, 0.5) is 0 Å². The number of aliphatic hydroxyl groups is 2. The number of aliphatic carboxylic acids is 1. The van der Waals surface area contributed by atoms with Crippen LogP contribution in [0.25, 0.3) is 0 Å². The molecule has 0 aliphatic heterocycles. The number of hydrogen-bond donors (Lipinski definition) is 4. The zero-order valence-corrected chi connectivity index (χ0v) is 34.4. The highest BCUT2D eigenvalue weighted by Gasteiger charge is 2.65. The number of amides is 1. The second-order valence-electron chi connectivity index (χ2n) is 19.2. The fraction of sp³-hybridized carbons (Fsp3) is 0.957. The van der Waals surface area contributed by atoms with Crippen LogP contribution in [0.1, 0.15) is 214 Å². The van der Waals surface area contributed by atoms with Gasteiger partial charge < -0.3 is 20.6 Å². The maximum absolute atomic E-state index is 13.0. The third kappa shape index (κ3) is 11.7. The van der Waals surface area contributed by atoms with Crippen LogP contribution >= 0.6 is 0 Å². The number of rotatable bonds is 25. The Hall–Kier alpha value is -1.14. The Morgan fingerprint density at radius 2 is 1.23 bits per heavy atom. The summed E-state index contributed by atoms with van der Waals surface area (Å²) in [6.07, 6.45) is 33.0. The molecule has 52 heavy (non-hydrogen) atoms. The number of carboxylic acids is 1. The minimum atomic E-state index is -0.745. The standard InChI is InChI=1S/C46H83NO5/c1-5-6-7-8-9-10-11-12-13-14-15-16-17-18-19-20-21-22-23-24-42(50)47-36-29-30-45(3)35(31-36)32-40(48)44-38-27-26-37(34(2)25-28-43(51)52)46(38,4)41(49)33-39(44)45/h34-41,44,48-49H,5-33H2,1-4H3,(H,47,50)(H,51,52)/t34-,35?,36+,37-,38?,39?,40-,41+,44?,45+,46-/m1/s1. The fourth-order valence-corrected chi connectivity index (χ4v) is 12.5. The van der Waals surface area contributed by atoms with E-state index in [1.807, 2.05) is 0 Å². The number of unbranched alkanes of at least 4 members (excludes halogenated alkanes) is 18. The van der Waals surface area contributed by atoms with Crippen molar-refractivity contribution in [2.24, 2.45) is 46.3 Å². The molecule has 1 amide bonds. The molecule has 4 N–H and O–H groups in total. The molecule has 302 valence electrons. The molecule has 4 rings (SSSR count). The van der Waals surface area contributed by atoms with E-state index in [1.54, 1.807) is 0 Å². The van der Waals surface area contributed by atoms with Gasteiger partial charge in [-0.2, -0.15) is 0 Å². The van der Waals surface area contributed by atoms with Gasteiger partial charge in [0.1, 0.15) is 0 Å². The first-order valence-corrected chi connectivity index (χ1v) is 22.9. The SMILES string of the molecule is CCCCCCCCCCCCCCCCCCCCCC(=O)N[C@H]1CC[C@@]2(C)C(C1)C[C@@H](O)C1C2C[C@H](O)[C@@]2(C)C1CC[C@@H]2[C@H](C)CCC(=O)O. The first-order valence-electron chi connectivity index (χ1n) is 22.9. The van der Waals surface area contributed by atoms with Crippen molar-refractivity contribution < 1.29 is 24.9 Å². The van der Waals surface area contributed by atoms with E-state index in [1.165, 1.54) is 109 Å². The highest BCUT2D eigenvalue weighted by atomic mass is 16.4. The van der Waals surface area contributed by atoms with Gasteiger partial charge in [-0.15, -0.1) is 0 Å². The van der Waals surface area contributed by atoms with Crippen molar-refractivity contribution in [3.8, 4) is 0 Å². The van der Waals surface area contributed by atoms with Crippen LogP contribution < -0.4 is 5.32 Å². The van der Waals surface area contributed by atoms with E-state index < -0.39 is 12.1 Å². The summed E-state index contributed by atoms with van der Waals surface area (Å²) >= 11 is 0. The van der Waals surface area contributed by atoms with Gasteiger partial charge in [0.05, 0.1) is 12.2 Å². The molecule has 0 saturated heterocycles. The average Bonchev–Trinajstić information content (AvgIpc) is 3.47. The molecule has 4 saturated carbocycles. The molecule has 4 aliphatic carbocycles. The van der Waals surface area contributed by atoms with Crippen molar-refractivity contribution >= 4 is 11.9 Å². The molecule has 0 bridgehead atoms. The van der Waals surface area contributed by atoms with E-state index in [2.05, 4.69) is 33.0 Å². The van der Waals surface area contributed by atoms with Crippen molar-refractivity contribution in [2.45, 2.75) is 232 Å². The molecule has 0 heterocycles. The third-order valence-electron chi connectivity index (χ3n) is 15.7. The number of nitrogens with one attached hydrogen (secondary N) is 1. The minimum absolute atomic E-state index is 0.0768. The molecule has 0 spiro atoms. The topological polar surface area (TPSA) is 107 Å². The maximum Gasteiger partial charge on any atom is 0.303 e. The summed E-state index contributed by atoms with van der Waals surface area (Å²) in [5, 5.41) is 36.3. The fourth-order valence-electron chi connectivity index (χ4n) is 12.5. The molecule has 0 radical (unpaired) electrons. The smallest absolute Gasteiger partial charge is 0.303 e. The lowest BCUT2D eigenvalue weighted by atomic mass is 9.43. The van der Waals surface area contributed by atoms with Crippen molar-refractivity contribution in [3.05, 3.63) is 0 Å². The Balaban J connectivity index is 1.06. The van der Waals surface area contributed by atoms with Gasteiger partial charge in [0, 0.05) is 18.9 Å². The lowest BCUT2D eigenvalue weighted by molar-refractivity contribution is -0.202. The predicted molar refractivity (Wildman–Crippen MR) is 214 cm³/mol. The first kappa shape index (κ1) is 43.6. The molecule has 0 aromatic heterocycles. The number of fused-ring (bicyclic) bond motifs is 5. The summed E-state index contributed by atoms with van der Waals surface area (Å²) in [5.74, 6) is 1.14. The van der Waals surface area contributed by atoms with E-state index in [-0.39, 0.29) is 53.1 Å². The van der Waals surface area contributed by atoms with Gasteiger partial charge in [-0.05, 0) is 104 Å².